The molecule has 0 amide bonds. The van der Waals surface area contributed by atoms with Gasteiger partial charge in [0.15, 0.2) is 5.82 Å². The molecule has 7 nitrogen and oxygen atoms in total. The number of piperidine rings is 1. The third-order valence-electron chi connectivity index (χ3n) is 4.13. The summed E-state index contributed by atoms with van der Waals surface area (Å²) in [7, 11) is 0. The van der Waals surface area contributed by atoms with Gasteiger partial charge in [-0.25, -0.2) is 0 Å². The first kappa shape index (κ1) is 17.9. The Bertz CT molecular complexity index is 507. The number of nitrogens with zero attached hydrogens (tertiary/aromatic N) is 3. The number of rotatable bonds is 7. The fourth-order valence-corrected chi connectivity index (χ4v) is 2.88. The number of hydrogen-bond donors (Lipinski definition) is 1. The molecule has 0 aliphatic carbocycles. The fourth-order valence-electron chi connectivity index (χ4n) is 2.88. The highest BCUT2D eigenvalue weighted by Gasteiger charge is 2.36. The van der Waals surface area contributed by atoms with Gasteiger partial charge in [0.05, 0.1) is 18.6 Å². The highest BCUT2D eigenvalue weighted by molar-refractivity contribution is 5.69. The Hall–Kier alpha value is -1.47. The minimum absolute atomic E-state index is 0.245. The van der Waals surface area contributed by atoms with Gasteiger partial charge in [-0.05, 0) is 25.7 Å². The average molecular weight is 324 g/mol. The number of carbonyl (C=O) groups excluding carboxylic acids is 1. The van der Waals surface area contributed by atoms with E-state index in [1.807, 2.05) is 0 Å². The summed E-state index contributed by atoms with van der Waals surface area (Å²) < 4.78 is 10.1. The normalized spacial score (nSPS) is 18.3. The number of nitrogens with two attached hydrogens (primary N) is 1. The van der Waals surface area contributed by atoms with Gasteiger partial charge in [0.25, 0.3) is 0 Å². The molecule has 1 saturated heterocycles. The summed E-state index contributed by atoms with van der Waals surface area (Å²) in [5, 5.41) is 4.04. The van der Waals surface area contributed by atoms with Crippen molar-refractivity contribution in [2.75, 3.05) is 26.2 Å². The lowest BCUT2D eigenvalue weighted by molar-refractivity contribution is -0.143. The topological polar surface area (TPSA) is 94.5 Å². The highest BCUT2D eigenvalue weighted by atomic mass is 16.5. The molecule has 1 aliphatic rings. The zero-order chi connectivity index (χ0) is 16.9. The molecule has 23 heavy (non-hydrogen) atoms. The molecule has 7 heteroatoms. The molecule has 0 aromatic carbocycles. The van der Waals surface area contributed by atoms with Crippen LogP contribution in [0, 0.1) is 5.92 Å². The van der Waals surface area contributed by atoms with Crippen LogP contribution in [-0.4, -0.2) is 47.3 Å². The van der Waals surface area contributed by atoms with Crippen LogP contribution in [0.15, 0.2) is 4.52 Å². The molecule has 0 atom stereocenters. The van der Waals surface area contributed by atoms with Gasteiger partial charge in [0.1, 0.15) is 0 Å². The second kappa shape index (κ2) is 7.88. The maximum absolute atomic E-state index is 11.4. The number of esters is 1. The number of hydrogen-bond acceptors (Lipinski definition) is 7. The van der Waals surface area contributed by atoms with E-state index in [9.17, 15) is 4.79 Å². The van der Waals surface area contributed by atoms with Crippen molar-refractivity contribution in [2.45, 2.75) is 52.0 Å². The Morgan fingerprint density at radius 1 is 1.43 bits per heavy atom. The molecule has 1 fully saturated rings. The SMILES string of the molecule is CCOC(=O)CCc1nc(C2(N)CCN(CC(C)C)CC2)no1. The number of ether oxygens (including phenoxy) is 1. The van der Waals surface area contributed by atoms with E-state index < -0.39 is 5.54 Å². The van der Waals surface area contributed by atoms with E-state index in [0.717, 1.165) is 32.5 Å². The third kappa shape index (κ3) is 5.00. The van der Waals surface area contributed by atoms with Crippen molar-refractivity contribution >= 4 is 5.97 Å². The van der Waals surface area contributed by atoms with Gasteiger partial charge in [-0.1, -0.05) is 19.0 Å². The first-order valence-corrected chi connectivity index (χ1v) is 8.43. The van der Waals surface area contributed by atoms with Gasteiger partial charge in [0, 0.05) is 26.1 Å². The first-order valence-electron chi connectivity index (χ1n) is 8.43. The first-order chi connectivity index (χ1) is 10.9. The van der Waals surface area contributed by atoms with Crippen molar-refractivity contribution in [3.05, 3.63) is 11.7 Å². The largest absolute Gasteiger partial charge is 0.466 e. The van der Waals surface area contributed by atoms with Gasteiger partial charge in [0.2, 0.25) is 5.89 Å². The summed E-state index contributed by atoms with van der Waals surface area (Å²) in [4.78, 5) is 18.2. The van der Waals surface area contributed by atoms with Gasteiger partial charge in [-0.15, -0.1) is 0 Å². The zero-order valence-corrected chi connectivity index (χ0v) is 14.4. The molecule has 1 aromatic rings. The van der Waals surface area contributed by atoms with Gasteiger partial charge < -0.3 is 19.9 Å². The predicted molar refractivity (Wildman–Crippen MR) is 85.6 cm³/mol. The fraction of sp³-hybridized carbons (Fsp3) is 0.812. The lowest BCUT2D eigenvalue weighted by atomic mass is 9.87. The summed E-state index contributed by atoms with van der Waals surface area (Å²) in [5.41, 5.74) is 5.96. The van der Waals surface area contributed by atoms with Gasteiger partial charge in [-0.3, -0.25) is 4.79 Å². The van der Waals surface area contributed by atoms with Crippen LogP contribution in [0.25, 0.3) is 0 Å². The minimum atomic E-state index is -0.529. The molecule has 1 aromatic heterocycles. The zero-order valence-electron chi connectivity index (χ0n) is 14.4. The van der Waals surface area contributed by atoms with Crippen LogP contribution in [0.2, 0.25) is 0 Å². The van der Waals surface area contributed by atoms with Crippen LogP contribution in [-0.2, 0) is 21.5 Å². The van der Waals surface area contributed by atoms with E-state index in [0.29, 0.717) is 30.7 Å². The lowest BCUT2D eigenvalue weighted by Gasteiger charge is -2.37. The van der Waals surface area contributed by atoms with E-state index >= 15 is 0 Å². The van der Waals surface area contributed by atoms with Crippen molar-refractivity contribution < 1.29 is 14.1 Å². The monoisotopic (exact) mass is 324 g/mol. The molecule has 2 rings (SSSR count). The Morgan fingerprint density at radius 2 is 2.13 bits per heavy atom. The molecule has 130 valence electrons. The summed E-state index contributed by atoms with van der Waals surface area (Å²) >= 11 is 0. The second-order valence-corrected chi connectivity index (χ2v) is 6.67. The summed E-state index contributed by atoms with van der Waals surface area (Å²) in [6, 6.07) is 0. The van der Waals surface area contributed by atoms with E-state index in [1.165, 1.54) is 0 Å². The van der Waals surface area contributed by atoms with Crippen molar-refractivity contribution in [1.29, 1.82) is 0 Å². The molecule has 1 aliphatic heterocycles. The number of carbonyl (C=O) groups is 1. The van der Waals surface area contributed by atoms with Crippen LogP contribution in [0.1, 0.15) is 51.7 Å². The van der Waals surface area contributed by atoms with E-state index in [4.69, 9.17) is 15.0 Å². The highest BCUT2D eigenvalue weighted by Crippen LogP contribution is 2.28. The van der Waals surface area contributed by atoms with E-state index in [-0.39, 0.29) is 12.4 Å². The van der Waals surface area contributed by atoms with Gasteiger partial charge in [-0.2, -0.15) is 4.98 Å². The van der Waals surface area contributed by atoms with Crippen molar-refractivity contribution in [1.82, 2.24) is 15.0 Å². The standard InChI is InChI=1S/C16H28N4O3/c1-4-22-14(21)6-5-13-18-15(19-23-13)16(17)7-9-20(10-8-16)11-12(2)3/h12H,4-11,17H2,1-3H3. The Morgan fingerprint density at radius 3 is 2.74 bits per heavy atom. The molecule has 0 unspecified atom stereocenters. The Kier molecular flexibility index (Phi) is 6.12. The van der Waals surface area contributed by atoms with Crippen LogP contribution in [0.3, 0.4) is 0 Å². The van der Waals surface area contributed by atoms with Crippen LogP contribution >= 0.6 is 0 Å². The summed E-state index contributed by atoms with van der Waals surface area (Å²) in [5.74, 6) is 1.40. The van der Waals surface area contributed by atoms with E-state index in [1.54, 1.807) is 6.92 Å². The van der Waals surface area contributed by atoms with Crippen LogP contribution < -0.4 is 5.73 Å². The van der Waals surface area contributed by atoms with Gasteiger partial charge >= 0.3 is 5.97 Å². The predicted octanol–water partition coefficient (Wildman–Crippen LogP) is 1.47. The molecule has 0 saturated carbocycles. The maximum atomic E-state index is 11.4. The van der Waals surface area contributed by atoms with Crippen LogP contribution in [0.4, 0.5) is 0 Å². The molecule has 0 spiro atoms. The van der Waals surface area contributed by atoms with Crippen molar-refractivity contribution in [2.24, 2.45) is 11.7 Å². The molecule has 2 heterocycles. The number of likely N-dealkylation sites (tertiary alicyclic amines) is 1. The number of aromatic nitrogens is 2. The third-order valence-corrected chi connectivity index (χ3v) is 4.13. The van der Waals surface area contributed by atoms with Crippen molar-refractivity contribution in [3.8, 4) is 0 Å². The maximum Gasteiger partial charge on any atom is 0.306 e. The molecular formula is C16H28N4O3. The second-order valence-electron chi connectivity index (χ2n) is 6.67. The molecule has 0 bridgehead atoms. The molecular weight excluding hydrogens is 296 g/mol. The summed E-state index contributed by atoms with van der Waals surface area (Å²) in [6.07, 6.45) is 2.27. The van der Waals surface area contributed by atoms with E-state index in [2.05, 4.69) is 28.9 Å². The quantitative estimate of drug-likeness (QED) is 0.759. The van der Waals surface area contributed by atoms with Crippen LogP contribution in [0.5, 0.6) is 0 Å². The minimum Gasteiger partial charge on any atom is -0.466 e. The lowest BCUT2D eigenvalue weighted by Crippen LogP contribution is -2.49. The Labute approximate surface area is 137 Å². The molecule has 0 radical (unpaired) electrons. The number of aryl methyl sites for hydroxylation is 1. The Balaban J connectivity index is 1.88. The summed E-state index contributed by atoms with van der Waals surface area (Å²) in [6.45, 7) is 9.59. The average Bonchev–Trinajstić information content (AvgIpc) is 2.97. The smallest absolute Gasteiger partial charge is 0.306 e. The van der Waals surface area contributed by atoms with Crippen molar-refractivity contribution in [3.63, 3.8) is 0 Å². The molecule has 2 N–H and O–H groups in total.